The summed E-state index contributed by atoms with van der Waals surface area (Å²) in [7, 11) is 0. The van der Waals surface area contributed by atoms with Crippen molar-refractivity contribution in [3.63, 3.8) is 0 Å². The number of nitrogens with zero attached hydrogens (tertiary/aromatic N) is 1. The average Bonchev–Trinajstić information content (AvgIpc) is 2.15. The number of hydrogen-bond donors (Lipinski definition) is 2. The summed E-state index contributed by atoms with van der Waals surface area (Å²) in [4.78, 5) is 10.2. The van der Waals surface area contributed by atoms with Crippen LogP contribution in [0.1, 0.15) is 19.3 Å². The fraction of sp³-hybridized carbons (Fsp3) is 0.333. The topological polar surface area (TPSA) is 69.9 Å². The smallest absolute Gasteiger partial charge is 0.328 e. The molecule has 0 aromatic carbocycles. The maximum absolute atomic E-state index is 10.2. The van der Waals surface area contributed by atoms with Gasteiger partial charge in [-0.05, 0) is 18.4 Å². The van der Waals surface area contributed by atoms with E-state index < -0.39 is 5.97 Å². The number of allylic oxidation sites excluding steroid dienone is 3. The monoisotopic (exact) mass is 181 g/mol. The Morgan fingerprint density at radius 2 is 2.38 bits per heavy atom. The summed E-state index contributed by atoms with van der Waals surface area (Å²) in [5, 5.41) is 20.0. The van der Waals surface area contributed by atoms with Gasteiger partial charge in [0, 0.05) is 12.5 Å². The second kappa shape index (κ2) is 4.45. The van der Waals surface area contributed by atoms with Gasteiger partial charge in [0.2, 0.25) is 0 Å². The zero-order valence-corrected chi connectivity index (χ0v) is 7.10. The Balaban J connectivity index is 2.61. The number of hydrogen-bond acceptors (Lipinski definition) is 3. The highest BCUT2D eigenvalue weighted by Gasteiger charge is 2.07. The molecule has 0 atom stereocenters. The molecule has 0 saturated heterocycles. The van der Waals surface area contributed by atoms with Crippen LogP contribution < -0.4 is 0 Å². The molecule has 0 unspecified atom stereocenters. The van der Waals surface area contributed by atoms with Crippen molar-refractivity contribution < 1.29 is 15.1 Å². The molecule has 0 aliphatic heterocycles. The van der Waals surface area contributed by atoms with Crippen LogP contribution in [0.3, 0.4) is 0 Å². The van der Waals surface area contributed by atoms with Crippen LogP contribution in [0.15, 0.2) is 29.0 Å². The third-order valence-electron chi connectivity index (χ3n) is 1.83. The molecular formula is C9H11NO3. The minimum Gasteiger partial charge on any atom is -0.478 e. The molecule has 0 fully saturated rings. The van der Waals surface area contributed by atoms with Crippen LogP contribution in [0, 0.1) is 0 Å². The normalized spacial score (nSPS) is 20.6. The number of rotatable bonds is 2. The molecule has 70 valence electrons. The van der Waals surface area contributed by atoms with Crippen molar-refractivity contribution in [1.82, 2.24) is 0 Å². The van der Waals surface area contributed by atoms with Gasteiger partial charge in [-0.3, -0.25) is 0 Å². The first-order valence-corrected chi connectivity index (χ1v) is 4.02. The average molecular weight is 181 g/mol. The van der Waals surface area contributed by atoms with Gasteiger partial charge in [0.15, 0.2) is 0 Å². The predicted octanol–water partition coefficient (Wildman–Crippen LogP) is 1.57. The Labute approximate surface area is 75.9 Å². The zero-order valence-electron chi connectivity index (χ0n) is 7.10. The highest BCUT2D eigenvalue weighted by Crippen LogP contribution is 2.16. The van der Waals surface area contributed by atoms with Gasteiger partial charge in [0.25, 0.3) is 0 Å². The second-order valence-corrected chi connectivity index (χ2v) is 2.83. The number of oxime groups is 1. The van der Waals surface area contributed by atoms with E-state index in [1.54, 1.807) is 0 Å². The summed E-state index contributed by atoms with van der Waals surface area (Å²) in [6.45, 7) is 0. The van der Waals surface area contributed by atoms with Crippen molar-refractivity contribution in [2.24, 2.45) is 5.16 Å². The van der Waals surface area contributed by atoms with Gasteiger partial charge in [0.1, 0.15) is 0 Å². The van der Waals surface area contributed by atoms with Crippen molar-refractivity contribution in [3.8, 4) is 0 Å². The number of carboxylic acids is 1. The molecule has 4 nitrogen and oxygen atoms in total. The lowest BCUT2D eigenvalue weighted by atomic mass is 9.97. The van der Waals surface area contributed by atoms with E-state index in [-0.39, 0.29) is 0 Å². The third-order valence-corrected chi connectivity index (χ3v) is 1.83. The maximum Gasteiger partial charge on any atom is 0.328 e. The Kier molecular flexibility index (Phi) is 3.25. The van der Waals surface area contributed by atoms with Gasteiger partial charge < -0.3 is 10.3 Å². The van der Waals surface area contributed by atoms with E-state index in [9.17, 15) is 4.79 Å². The highest BCUT2D eigenvalue weighted by molar-refractivity contribution is 5.88. The molecule has 0 spiro atoms. The summed E-state index contributed by atoms with van der Waals surface area (Å²) in [5.41, 5.74) is 1.59. The van der Waals surface area contributed by atoms with E-state index in [0.29, 0.717) is 12.1 Å². The van der Waals surface area contributed by atoms with E-state index in [1.807, 2.05) is 6.08 Å². The van der Waals surface area contributed by atoms with Crippen molar-refractivity contribution in [3.05, 3.63) is 23.8 Å². The second-order valence-electron chi connectivity index (χ2n) is 2.83. The Morgan fingerprint density at radius 1 is 1.62 bits per heavy atom. The lowest BCUT2D eigenvalue weighted by Crippen LogP contribution is -2.04. The van der Waals surface area contributed by atoms with Crippen molar-refractivity contribution >= 4 is 11.7 Å². The van der Waals surface area contributed by atoms with Crippen LogP contribution in [0.2, 0.25) is 0 Å². The molecule has 13 heavy (non-hydrogen) atoms. The first-order valence-electron chi connectivity index (χ1n) is 4.02. The molecule has 0 amide bonds. The molecule has 4 heteroatoms. The summed E-state index contributed by atoms with van der Waals surface area (Å²) in [6, 6.07) is 0. The molecule has 0 heterocycles. The number of carboxylic acid groups (broad SMARTS) is 1. The summed E-state index contributed by atoms with van der Waals surface area (Å²) in [6.07, 6.45) is 6.67. The van der Waals surface area contributed by atoms with Gasteiger partial charge in [-0.2, -0.15) is 0 Å². The van der Waals surface area contributed by atoms with E-state index in [4.69, 9.17) is 10.3 Å². The molecule has 0 bridgehead atoms. The minimum absolute atomic E-state index is 0.542. The summed E-state index contributed by atoms with van der Waals surface area (Å²) in [5.74, 6) is -0.964. The van der Waals surface area contributed by atoms with Crippen LogP contribution >= 0.6 is 0 Å². The summed E-state index contributed by atoms with van der Waals surface area (Å²) >= 11 is 0. The number of aliphatic carboxylic acids is 1. The van der Waals surface area contributed by atoms with Gasteiger partial charge in [0.05, 0.1) is 5.71 Å². The standard InChI is InChI=1S/C9H11NO3/c11-9(12)5-4-7-2-1-3-8(6-7)10-13/h2,4-5,13H,1,3,6H2,(H,11,12)/b5-4+,10-8-. The van der Waals surface area contributed by atoms with E-state index in [2.05, 4.69) is 5.16 Å². The Hall–Kier alpha value is -1.58. The molecule has 1 rings (SSSR count). The Morgan fingerprint density at radius 3 is 3.00 bits per heavy atom. The van der Waals surface area contributed by atoms with Crippen molar-refractivity contribution in [1.29, 1.82) is 0 Å². The van der Waals surface area contributed by atoms with Gasteiger partial charge in [-0.1, -0.05) is 17.3 Å². The fourth-order valence-corrected chi connectivity index (χ4v) is 1.21. The summed E-state index contributed by atoms with van der Waals surface area (Å²) < 4.78 is 0. The molecule has 0 aromatic rings. The van der Waals surface area contributed by atoms with Crippen molar-refractivity contribution in [2.45, 2.75) is 19.3 Å². The first kappa shape index (κ1) is 9.51. The first-order chi connectivity index (χ1) is 6.22. The lowest BCUT2D eigenvalue weighted by Gasteiger charge is -2.09. The van der Waals surface area contributed by atoms with Crippen LogP contribution in [0.4, 0.5) is 0 Å². The molecule has 0 saturated carbocycles. The molecular weight excluding hydrogens is 170 g/mol. The van der Waals surface area contributed by atoms with E-state index in [0.717, 1.165) is 24.5 Å². The molecule has 1 aliphatic carbocycles. The minimum atomic E-state index is -0.964. The number of carbonyl (C=O) groups is 1. The van der Waals surface area contributed by atoms with Gasteiger partial charge in [-0.15, -0.1) is 0 Å². The lowest BCUT2D eigenvalue weighted by molar-refractivity contribution is -0.131. The van der Waals surface area contributed by atoms with E-state index in [1.165, 1.54) is 6.08 Å². The highest BCUT2D eigenvalue weighted by atomic mass is 16.4. The van der Waals surface area contributed by atoms with Gasteiger partial charge in [-0.25, -0.2) is 4.79 Å². The molecule has 2 N–H and O–H groups in total. The van der Waals surface area contributed by atoms with E-state index >= 15 is 0 Å². The quantitative estimate of drug-likeness (QED) is 0.386. The molecule has 1 aliphatic rings. The van der Waals surface area contributed by atoms with Crippen LogP contribution in [0.25, 0.3) is 0 Å². The van der Waals surface area contributed by atoms with Crippen LogP contribution in [0.5, 0.6) is 0 Å². The fourth-order valence-electron chi connectivity index (χ4n) is 1.21. The predicted molar refractivity (Wildman–Crippen MR) is 47.9 cm³/mol. The third kappa shape index (κ3) is 3.11. The van der Waals surface area contributed by atoms with Crippen LogP contribution in [-0.4, -0.2) is 22.0 Å². The molecule has 0 radical (unpaired) electrons. The Bertz CT molecular complexity index is 289. The van der Waals surface area contributed by atoms with Gasteiger partial charge >= 0.3 is 5.97 Å². The van der Waals surface area contributed by atoms with Crippen LogP contribution in [-0.2, 0) is 4.79 Å². The maximum atomic E-state index is 10.2. The zero-order chi connectivity index (χ0) is 9.68. The SMILES string of the molecule is O=C(O)/C=C/C1=CCC/C(=N/O)C1. The largest absolute Gasteiger partial charge is 0.478 e. The van der Waals surface area contributed by atoms with Crippen molar-refractivity contribution in [2.75, 3.05) is 0 Å². The molecule has 0 aromatic heterocycles.